The Morgan fingerprint density at radius 3 is 3.10 bits per heavy atom. The van der Waals surface area contributed by atoms with Gasteiger partial charge in [0.25, 0.3) is 0 Å². The molecule has 2 aromatic rings. The van der Waals surface area contributed by atoms with Gasteiger partial charge in [-0.2, -0.15) is 0 Å². The minimum atomic E-state index is -0.461. The Labute approximate surface area is 193 Å². The van der Waals surface area contributed by atoms with E-state index >= 15 is 0 Å². The van der Waals surface area contributed by atoms with Gasteiger partial charge in [-0.3, -0.25) is 9.69 Å². The number of hydrogen-bond acceptors (Lipinski definition) is 8. The number of ether oxygens (including phenoxy) is 2. The van der Waals surface area contributed by atoms with Crippen LogP contribution in [-0.4, -0.2) is 66.5 Å². The van der Waals surface area contributed by atoms with E-state index in [1.165, 1.54) is 29.2 Å². The van der Waals surface area contributed by atoms with E-state index in [1.54, 1.807) is 24.4 Å². The molecule has 168 valence electrons. The summed E-state index contributed by atoms with van der Waals surface area (Å²) in [6.45, 7) is 5.01. The lowest BCUT2D eigenvalue weighted by Crippen LogP contribution is -2.47. The predicted octanol–water partition coefficient (Wildman–Crippen LogP) is 3.22. The van der Waals surface area contributed by atoms with Gasteiger partial charge in [0.2, 0.25) is 5.91 Å². The van der Waals surface area contributed by atoms with Gasteiger partial charge in [0, 0.05) is 31.6 Å². The number of hydrogen-bond donors (Lipinski definition) is 1. The molecule has 31 heavy (non-hydrogen) atoms. The van der Waals surface area contributed by atoms with Crippen LogP contribution in [0.2, 0.25) is 5.02 Å². The molecule has 0 unspecified atom stereocenters. The first-order valence-electron chi connectivity index (χ1n) is 9.74. The van der Waals surface area contributed by atoms with Crippen LogP contribution in [0.15, 0.2) is 27.9 Å². The van der Waals surface area contributed by atoms with Gasteiger partial charge < -0.3 is 14.8 Å². The van der Waals surface area contributed by atoms with E-state index in [4.69, 9.17) is 21.1 Å². The van der Waals surface area contributed by atoms with Crippen molar-refractivity contribution in [2.75, 3.05) is 38.6 Å². The Kier molecular flexibility index (Phi) is 9.09. The predicted molar refractivity (Wildman–Crippen MR) is 118 cm³/mol. The van der Waals surface area contributed by atoms with Crippen LogP contribution in [-0.2, 0) is 20.8 Å². The topological polar surface area (TPSA) is 80.8 Å². The van der Waals surface area contributed by atoms with Gasteiger partial charge in [-0.25, -0.2) is 14.2 Å². The van der Waals surface area contributed by atoms with Crippen LogP contribution in [0, 0.1) is 5.82 Å². The van der Waals surface area contributed by atoms with E-state index in [0.717, 1.165) is 12.1 Å². The summed E-state index contributed by atoms with van der Waals surface area (Å²) in [6.07, 6.45) is -0.131. The van der Waals surface area contributed by atoms with Crippen molar-refractivity contribution in [1.82, 2.24) is 15.2 Å². The molecular weight excluding hydrogens is 465 g/mol. The minimum Gasteiger partial charge on any atom is -0.461 e. The first-order valence-corrected chi connectivity index (χ1v) is 12.0. The maximum Gasteiger partial charge on any atom is 0.357 e. The molecule has 1 amide bonds. The third-order valence-corrected chi connectivity index (χ3v) is 6.75. The number of rotatable bonds is 9. The molecule has 1 fully saturated rings. The molecule has 1 aromatic heterocycles. The summed E-state index contributed by atoms with van der Waals surface area (Å²) >= 11 is 8.43. The second kappa shape index (κ2) is 11.8. The van der Waals surface area contributed by atoms with E-state index in [2.05, 4.69) is 15.2 Å². The van der Waals surface area contributed by atoms with E-state index in [-0.39, 0.29) is 28.5 Å². The van der Waals surface area contributed by atoms with Crippen LogP contribution in [0.1, 0.15) is 23.0 Å². The summed E-state index contributed by atoms with van der Waals surface area (Å²) in [5.74, 6) is -0.832. The number of benzene rings is 1. The fourth-order valence-electron chi connectivity index (χ4n) is 2.97. The maximum absolute atomic E-state index is 13.3. The standard InChI is InChI=1S/C20H23ClFN3O4S2/c1-2-28-19(27)17-11-30-20(24-17)31-12-18(26)23-8-14-10-25(5-6-29-14)9-13-3-4-16(22)15(21)7-13/h3-4,7,11,14H,2,5-6,8-10,12H2,1H3,(H,23,26)/t14-/m0/s1. The fraction of sp³-hybridized carbons (Fsp3) is 0.450. The molecule has 0 aliphatic carbocycles. The third kappa shape index (κ3) is 7.43. The zero-order valence-corrected chi connectivity index (χ0v) is 19.3. The fourth-order valence-corrected chi connectivity index (χ4v) is 4.80. The highest BCUT2D eigenvalue weighted by molar-refractivity contribution is 8.01. The summed E-state index contributed by atoms with van der Waals surface area (Å²) in [7, 11) is 0. The molecule has 1 N–H and O–H groups in total. The zero-order chi connectivity index (χ0) is 22.2. The number of thioether (sulfide) groups is 1. The van der Waals surface area contributed by atoms with Crippen molar-refractivity contribution in [3.05, 3.63) is 45.7 Å². The number of amides is 1. The number of aromatic nitrogens is 1. The van der Waals surface area contributed by atoms with Gasteiger partial charge in [-0.1, -0.05) is 29.4 Å². The lowest BCUT2D eigenvalue weighted by atomic mass is 10.2. The van der Waals surface area contributed by atoms with Crippen LogP contribution >= 0.6 is 34.7 Å². The normalized spacial score (nSPS) is 16.8. The first kappa shape index (κ1) is 23.9. The van der Waals surface area contributed by atoms with Crippen molar-refractivity contribution in [3.63, 3.8) is 0 Å². The van der Waals surface area contributed by atoms with Crippen LogP contribution in [0.4, 0.5) is 4.39 Å². The SMILES string of the molecule is CCOC(=O)c1csc(SCC(=O)NC[C@H]2CN(Cc3ccc(F)c(Cl)c3)CCO2)n1. The molecule has 3 rings (SSSR count). The number of carbonyl (C=O) groups is 2. The van der Waals surface area contributed by atoms with E-state index in [9.17, 15) is 14.0 Å². The molecule has 1 saturated heterocycles. The number of nitrogens with zero attached hydrogens (tertiary/aromatic N) is 2. The van der Waals surface area contributed by atoms with E-state index in [1.807, 2.05) is 0 Å². The van der Waals surface area contributed by atoms with Crippen molar-refractivity contribution in [1.29, 1.82) is 0 Å². The molecule has 1 aliphatic rings. The van der Waals surface area contributed by atoms with Crippen molar-refractivity contribution in [2.24, 2.45) is 0 Å². The number of carbonyl (C=O) groups excluding carboxylic acids is 2. The monoisotopic (exact) mass is 487 g/mol. The quantitative estimate of drug-likeness (QED) is 0.429. The van der Waals surface area contributed by atoms with Gasteiger partial charge in [-0.15, -0.1) is 11.3 Å². The number of halogens is 2. The lowest BCUT2D eigenvalue weighted by molar-refractivity contribution is -0.119. The zero-order valence-electron chi connectivity index (χ0n) is 16.9. The molecule has 1 aliphatic heterocycles. The van der Waals surface area contributed by atoms with Crippen LogP contribution in [0.5, 0.6) is 0 Å². The second-order valence-electron chi connectivity index (χ2n) is 6.79. The first-order chi connectivity index (χ1) is 14.9. The Morgan fingerprint density at radius 2 is 2.32 bits per heavy atom. The van der Waals surface area contributed by atoms with E-state index in [0.29, 0.717) is 37.2 Å². The number of thiazole rings is 1. The summed E-state index contributed by atoms with van der Waals surface area (Å²) in [5, 5.41) is 4.61. The molecule has 2 heterocycles. The smallest absolute Gasteiger partial charge is 0.357 e. The minimum absolute atomic E-state index is 0.113. The Bertz CT molecular complexity index is 914. The number of esters is 1. The summed E-state index contributed by atoms with van der Waals surface area (Å²) in [5.41, 5.74) is 1.19. The maximum atomic E-state index is 13.3. The van der Waals surface area contributed by atoms with E-state index < -0.39 is 11.8 Å². The highest BCUT2D eigenvalue weighted by Crippen LogP contribution is 2.23. The molecule has 7 nitrogen and oxygen atoms in total. The molecule has 0 radical (unpaired) electrons. The van der Waals surface area contributed by atoms with Gasteiger partial charge in [-0.05, 0) is 24.6 Å². The van der Waals surface area contributed by atoms with Crippen LogP contribution < -0.4 is 5.32 Å². The molecule has 1 aromatic carbocycles. The lowest BCUT2D eigenvalue weighted by Gasteiger charge is -2.33. The average molecular weight is 488 g/mol. The molecule has 11 heteroatoms. The number of nitrogens with one attached hydrogen (secondary N) is 1. The summed E-state index contributed by atoms with van der Waals surface area (Å²) < 4.78 is 24.6. The Morgan fingerprint density at radius 1 is 1.48 bits per heavy atom. The van der Waals surface area contributed by atoms with Gasteiger partial charge in [0.05, 0.1) is 30.1 Å². The van der Waals surface area contributed by atoms with Crippen molar-refractivity contribution < 1.29 is 23.5 Å². The average Bonchev–Trinajstić information content (AvgIpc) is 3.23. The van der Waals surface area contributed by atoms with Crippen LogP contribution in [0.25, 0.3) is 0 Å². The molecule has 1 atom stereocenters. The molecule has 0 saturated carbocycles. The summed E-state index contributed by atoms with van der Waals surface area (Å²) in [6, 6.07) is 4.72. The molecule has 0 bridgehead atoms. The number of morpholine rings is 1. The van der Waals surface area contributed by atoms with Crippen LogP contribution in [0.3, 0.4) is 0 Å². The molecular formula is C20H23ClFN3O4S2. The summed E-state index contributed by atoms with van der Waals surface area (Å²) in [4.78, 5) is 30.2. The van der Waals surface area contributed by atoms with Crippen molar-refractivity contribution in [3.8, 4) is 0 Å². The highest BCUT2D eigenvalue weighted by atomic mass is 35.5. The third-order valence-electron chi connectivity index (χ3n) is 4.43. The van der Waals surface area contributed by atoms with Gasteiger partial charge in [0.1, 0.15) is 5.82 Å². The van der Waals surface area contributed by atoms with Crippen molar-refractivity contribution in [2.45, 2.75) is 23.9 Å². The van der Waals surface area contributed by atoms with Crippen molar-refractivity contribution >= 4 is 46.6 Å². The molecule has 0 spiro atoms. The van der Waals surface area contributed by atoms with Gasteiger partial charge in [0.15, 0.2) is 10.0 Å². The largest absolute Gasteiger partial charge is 0.461 e. The highest BCUT2D eigenvalue weighted by Gasteiger charge is 2.21. The second-order valence-corrected chi connectivity index (χ2v) is 9.28. The Hall–Kier alpha value is -1.72. The Balaban J connectivity index is 1.39. The van der Waals surface area contributed by atoms with Gasteiger partial charge >= 0.3 is 5.97 Å².